The lowest BCUT2D eigenvalue weighted by atomic mass is 9.94. The highest BCUT2D eigenvalue weighted by Crippen LogP contribution is 2.35. The van der Waals surface area contributed by atoms with Gasteiger partial charge >= 0.3 is 0 Å². The number of hydrogen-bond acceptors (Lipinski definition) is 4. The molecule has 1 N–H and O–H groups in total. The number of halogens is 3. The maximum absolute atomic E-state index is 14.6. The Balaban J connectivity index is 1.58. The first-order chi connectivity index (χ1) is 22.6. The average Bonchev–Trinajstić information content (AvgIpc) is 3.08. The number of amides is 2. The molecule has 1 aliphatic rings. The molecule has 0 unspecified atom stereocenters. The number of anilines is 1. The van der Waals surface area contributed by atoms with Gasteiger partial charge in [-0.05, 0) is 60.4 Å². The highest BCUT2D eigenvalue weighted by atomic mass is 35.5. The van der Waals surface area contributed by atoms with E-state index >= 15 is 0 Å². The van der Waals surface area contributed by atoms with Crippen molar-refractivity contribution >= 4 is 62.3 Å². The maximum Gasteiger partial charge on any atom is 0.264 e. The Bertz CT molecular complexity index is 1770. The minimum Gasteiger partial charge on any atom is -0.352 e. The number of benzene rings is 4. The van der Waals surface area contributed by atoms with Crippen LogP contribution in [-0.4, -0.2) is 43.8 Å². The van der Waals surface area contributed by atoms with Gasteiger partial charge in [0.05, 0.1) is 20.6 Å². The van der Waals surface area contributed by atoms with Crippen molar-refractivity contribution in [3.63, 3.8) is 0 Å². The summed E-state index contributed by atoms with van der Waals surface area (Å²) >= 11 is 19.1. The Labute approximate surface area is 291 Å². The summed E-state index contributed by atoms with van der Waals surface area (Å²) in [6.45, 7) is -0.596. The van der Waals surface area contributed by atoms with E-state index in [1.54, 1.807) is 54.6 Å². The Morgan fingerprint density at radius 1 is 0.766 bits per heavy atom. The van der Waals surface area contributed by atoms with E-state index in [1.165, 1.54) is 23.1 Å². The van der Waals surface area contributed by atoms with Crippen molar-refractivity contribution in [3.05, 3.63) is 129 Å². The van der Waals surface area contributed by atoms with Crippen LogP contribution in [-0.2, 0) is 32.6 Å². The van der Waals surface area contributed by atoms with Gasteiger partial charge in [0.25, 0.3) is 10.0 Å². The summed E-state index contributed by atoms with van der Waals surface area (Å²) in [5, 5.41) is 3.85. The van der Waals surface area contributed by atoms with Crippen LogP contribution in [0, 0.1) is 0 Å². The molecule has 5 rings (SSSR count). The molecule has 4 aromatic rings. The summed E-state index contributed by atoms with van der Waals surface area (Å²) in [6, 6.07) is 27.9. The normalized spacial score (nSPS) is 14.3. The largest absolute Gasteiger partial charge is 0.352 e. The maximum atomic E-state index is 14.6. The van der Waals surface area contributed by atoms with Crippen molar-refractivity contribution in [2.24, 2.45) is 0 Å². The predicted octanol–water partition coefficient (Wildman–Crippen LogP) is 7.93. The van der Waals surface area contributed by atoms with Crippen LogP contribution in [0.5, 0.6) is 0 Å². The van der Waals surface area contributed by atoms with Crippen LogP contribution < -0.4 is 9.62 Å². The average molecular weight is 713 g/mol. The lowest BCUT2D eigenvalue weighted by Gasteiger charge is -2.35. The van der Waals surface area contributed by atoms with Crippen LogP contribution in [0.4, 0.5) is 5.69 Å². The first-order valence-corrected chi connectivity index (χ1v) is 18.1. The molecule has 47 heavy (non-hydrogen) atoms. The van der Waals surface area contributed by atoms with E-state index in [0.29, 0.717) is 5.02 Å². The van der Waals surface area contributed by atoms with Gasteiger partial charge in [-0.3, -0.25) is 13.9 Å². The first-order valence-electron chi connectivity index (χ1n) is 15.5. The van der Waals surface area contributed by atoms with Gasteiger partial charge in [-0.2, -0.15) is 0 Å². The van der Waals surface area contributed by atoms with Crippen molar-refractivity contribution in [2.45, 2.75) is 62.0 Å². The van der Waals surface area contributed by atoms with Gasteiger partial charge in [0.15, 0.2) is 0 Å². The van der Waals surface area contributed by atoms with E-state index in [9.17, 15) is 18.0 Å². The molecule has 1 saturated carbocycles. The molecule has 0 bridgehead atoms. The molecular weight excluding hydrogens is 677 g/mol. The van der Waals surface area contributed by atoms with Gasteiger partial charge in [0, 0.05) is 24.0 Å². The van der Waals surface area contributed by atoms with Crippen molar-refractivity contribution in [1.29, 1.82) is 0 Å². The summed E-state index contributed by atoms with van der Waals surface area (Å²) in [4.78, 5) is 30.3. The van der Waals surface area contributed by atoms with E-state index in [2.05, 4.69) is 5.32 Å². The highest BCUT2D eigenvalue weighted by Gasteiger charge is 2.36. The lowest BCUT2D eigenvalue weighted by molar-refractivity contribution is -0.140. The predicted molar refractivity (Wildman–Crippen MR) is 188 cm³/mol. The van der Waals surface area contributed by atoms with Gasteiger partial charge in [0.1, 0.15) is 12.6 Å². The molecule has 0 saturated heterocycles. The van der Waals surface area contributed by atoms with Crippen LogP contribution >= 0.6 is 34.8 Å². The molecule has 0 aromatic heterocycles. The molecule has 4 aromatic carbocycles. The summed E-state index contributed by atoms with van der Waals surface area (Å²) in [5.41, 5.74) is 1.63. The molecule has 0 radical (unpaired) electrons. The minimum absolute atomic E-state index is 0.00207. The zero-order valence-electron chi connectivity index (χ0n) is 25.7. The van der Waals surface area contributed by atoms with E-state index in [0.717, 1.165) is 47.5 Å². The molecule has 0 heterocycles. The van der Waals surface area contributed by atoms with Crippen molar-refractivity contribution in [1.82, 2.24) is 10.2 Å². The number of carbonyl (C=O) groups excluding carboxylic acids is 2. The van der Waals surface area contributed by atoms with Crippen molar-refractivity contribution in [3.8, 4) is 0 Å². The van der Waals surface area contributed by atoms with Crippen LogP contribution in [0.3, 0.4) is 0 Å². The first kappa shape index (κ1) is 34.8. The second kappa shape index (κ2) is 16.0. The second-order valence-electron chi connectivity index (χ2n) is 11.6. The van der Waals surface area contributed by atoms with Gasteiger partial charge in [-0.15, -0.1) is 0 Å². The summed E-state index contributed by atoms with van der Waals surface area (Å²) < 4.78 is 29.3. The number of nitrogens with zero attached hydrogens (tertiary/aromatic N) is 2. The highest BCUT2D eigenvalue weighted by molar-refractivity contribution is 7.92. The Morgan fingerprint density at radius 2 is 1.40 bits per heavy atom. The summed E-state index contributed by atoms with van der Waals surface area (Å²) in [7, 11) is -4.30. The minimum atomic E-state index is -4.30. The molecule has 0 spiro atoms. The van der Waals surface area contributed by atoms with Crippen LogP contribution in [0.25, 0.3) is 0 Å². The fourth-order valence-corrected chi connectivity index (χ4v) is 7.82. The number of rotatable bonds is 12. The van der Waals surface area contributed by atoms with Gasteiger partial charge < -0.3 is 10.2 Å². The molecular formula is C36H36Cl3N3O4S. The molecule has 0 aliphatic heterocycles. The van der Waals surface area contributed by atoms with Gasteiger partial charge in [-0.1, -0.05) is 121 Å². The number of nitrogens with one attached hydrogen (secondary N) is 1. The Kier molecular flexibility index (Phi) is 11.9. The second-order valence-corrected chi connectivity index (χ2v) is 14.7. The third kappa shape index (κ3) is 8.87. The summed E-state index contributed by atoms with van der Waals surface area (Å²) in [5.74, 6) is -0.878. The third-order valence-corrected chi connectivity index (χ3v) is 11.1. The van der Waals surface area contributed by atoms with Crippen LogP contribution in [0.2, 0.25) is 15.1 Å². The Morgan fingerprint density at radius 3 is 2.06 bits per heavy atom. The van der Waals surface area contributed by atoms with Crippen molar-refractivity contribution in [2.75, 3.05) is 10.8 Å². The fourth-order valence-electron chi connectivity index (χ4n) is 5.80. The molecule has 1 aliphatic carbocycles. The van der Waals surface area contributed by atoms with E-state index in [4.69, 9.17) is 34.8 Å². The van der Waals surface area contributed by atoms with E-state index < -0.39 is 28.5 Å². The molecule has 2 amide bonds. The smallest absolute Gasteiger partial charge is 0.264 e. The zero-order chi connectivity index (χ0) is 33.4. The zero-order valence-corrected chi connectivity index (χ0v) is 28.8. The summed E-state index contributed by atoms with van der Waals surface area (Å²) in [6.07, 6.45) is 5.13. The van der Waals surface area contributed by atoms with Crippen molar-refractivity contribution < 1.29 is 18.0 Å². The number of carbonyl (C=O) groups is 2. The molecule has 246 valence electrons. The van der Waals surface area contributed by atoms with Gasteiger partial charge in [0.2, 0.25) is 11.8 Å². The van der Waals surface area contributed by atoms with E-state index in [-0.39, 0.29) is 45.5 Å². The Hall–Kier alpha value is -3.56. The van der Waals surface area contributed by atoms with Crippen LogP contribution in [0.15, 0.2) is 108 Å². The SMILES string of the molecule is O=C(NC1CCCCC1)[C@@H](Cc1ccccc1)N(Cc1ccc(Cl)cc1)C(=O)CN(c1cccc(Cl)c1Cl)S(=O)(=O)c1ccccc1. The van der Waals surface area contributed by atoms with E-state index in [1.807, 2.05) is 30.3 Å². The third-order valence-electron chi connectivity index (χ3n) is 8.30. The topological polar surface area (TPSA) is 86.8 Å². The molecule has 11 heteroatoms. The number of sulfonamides is 1. The van der Waals surface area contributed by atoms with Gasteiger partial charge in [-0.25, -0.2) is 8.42 Å². The molecule has 1 fully saturated rings. The number of hydrogen-bond donors (Lipinski definition) is 1. The lowest BCUT2D eigenvalue weighted by Crippen LogP contribution is -2.55. The quantitative estimate of drug-likeness (QED) is 0.162. The molecule has 1 atom stereocenters. The fraction of sp³-hybridized carbons (Fsp3) is 0.278. The van der Waals surface area contributed by atoms with Crippen LogP contribution in [0.1, 0.15) is 43.2 Å². The standard InChI is InChI=1S/C36H36Cl3N3O4S/c37-28-21-19-27(20-22-28)24-41(33(23-26-11-4-1-5-12-26)36(44)40-29-13-6-2-7-14-29)34(43)25-42(32-18-10-17-31(38)35(32)39)47(45,46)30-15-8-3-9-16-30/h1,3-5,8-12,15-22,29,33H,2,6-7,13-14,23-25H2,(H,40,44)/t33-/m1/s1. The monoisotopic (exact) mass is 711 g/mol. The molecule has 7 nitrogen and oxygen atoms in total.